The summed E-state index contributed by atoms with van der Waals surface area (Å²) in [6.45, 7) is 6.46. The van der Waals surface area contributed by atoms with Crippen LogP contribution in [0.3, 0.4) is 0 Å². The standard InChI is InChI=1S/C77H130O6/c1-4-7-10-13-16-19-22-25-27-29-31-33-35-37-38-40-41-43-45-47-49-52-55-58-61-64-67-70-76(79)82-73-74(72-81-75(78)69-66-63-60-57-54-51-24-21-18-15-12-9-6-3)83-77(80)71-68-65-62-59-56-53-50-48-46-44-42-39-36-34-32-30-28-26-23-20-17-14-11-8-5-2/h7,10,12,15-16,19,21,24-25,27,30-33,37-38,41,43,47,49,74H,4-6,8-9,11,13-14,17-18,20,22-23,26,28-29,34-36,39-40,42,44-46,48,50-73H2,1-3H3/b10-7-,15-12-,19-16-,24-21-,27-25-,32-30-,33-31-,38-37-,43-41-,49-47-. The Labute approximate surface area is 513 Å². The van der Waals surface area contributed by atoms with Gasteiger partial charge in [-0.25, -0.2) is 0 Å². The van der Waals surface area contributed by atoms with E-state index in [1.165, 1.54) is 135 Å². The zero-order valence-corrected chi connectivity index (χ0v) is 54.4. The topological polar surface area (TPSA) is 78.9 Å². The molecule has 1 atom stereocenters. The fraction of sp³-hybridized carbons (Fsp3) is 0.701. The van der Waals surface area contributed by atoms with Gasteiger partial charge in [0.25, 0.3) is 0 Å². The van der Waals surface area contributed by atoms with Crippen LogP contribution in [-0.4, -0.2) is 37.2 Å². The van der Waals surface area contributed by atoms with E-state index in [0.717, 1.165) is 154 Å². The van der Waals surface area contributed by atoms with Crippen molar-refractivity contribution in [3.05, 3.63) is 122 Å². The molecule has 6 nitrogen and oxygen atoms in total. The van der Waals surface area contributed by atoms with E-state index in [1.54, 1.807) is 0 Å². The largest absolute Gasteiger partial charge is 0.462 e. The zero-order chi connectivity index (χ0) is 59.9. The zero-order valence-electron chi connectivity index (χ0n) is 54.4. The first-order valence-electron chi connectivity index (χ1n) is 35.0. The molecule has 0 N–H and O–H groups in total. The molecule has 0 rings (SSSR count). The van der Waals surface area contributed by atoms with Crippen LogP contribution in [0.4, 0.5) is 0 Å². The minimum Gasteiger partial charge on any atom is -0.462 e. The number of hydrogen-bond acceptors (Lipinski definition) is 6. The Morgan fingerprint density at radius 3 is 0.795 bits per heavy atom. The first-order valence-corrected chi connectivity index (χ1v) is 35.0. The van der Waals surface area contributed by atoms with E-state index in [-0.39, 0.29) is 31.1 Å². The maximum Gasteiger partial charge on any atom is 0.306 e. The molecular formula is C77H130O6. The van der Waals surface area contributed by atoms with E-state index in [1.807, 2.05) is 0 Å². The molecule has 0 saturated heterocycles. The van der Waals surface area contributed by atoms with Crippen molar-refractivity contribution in [3.8, 4) is 0 Å². The molecule has 0 aromatic rings. The third kappa shape index (κ3) is 68.5. The third-order valence-electron chi connectivity index (χ3n) is 14.9. The molecule has 0 radical (unpaired) electrons. The number of hydrogen-bond donors (Lipinski definition) is 0. The molecule has 1 unspecified atom stereocenters. The van der Waals surface area contributed by atoms with Gasteiger partial charge in [0, 0.05) is 19.3 Å². The molecule has 474 valence electrons. The van der Waals surface area contributed by atoms with Crippen LogP contribution in [0.1, 0.15) is 329 Å². The normalized spacial score (nSPS) is 12.9. The van der Waals surface area contributed by atoms with E-state index >= 15 is 0 Å². The fourth-order valence-corrected chi connectivity index (χ4v) is 9.69. The molecule has 0 aliphatic heterocycles. The molecule has 0 fully saturated rings. The summed E-state index contributed by atoms with van der Waals surface area (Å²) in [5.41, 5.74) is 0. The Morgan fingerprint density at radius 1 is 0.253 bits per heavy atom. The number of allylic oxidation sites excluding steroid dienone is 20. The van der Waals surface area contributed by atoms with Crippen LogP contribution in [-0.2, 0) is 28.6 Å². The van der Waals surface area contributed by atoms with Crippen LogP contribution in [0.2, 0.25) is 0 Å². The highest BCUT2D eigenvalue weighted by atomic mass is 16.6. The minimum atomic E-state index is -0.797. The summed E-state index contributed by atoms with van der Waals surface area (Å²) in [4.78, 5) is 38.4. The molecular weight excluding hydrogens is 1020 g/mol. The van der Waals surface area contributed by atoms with Gasteiger partial charge in [0.05, 0.1) is 0 Å². The van der Waals surface area contributed by atoms with E-state index < -0.39 is 6.10 Å². The Bertz CT molecular complexity index is 1700. The van der Waals surface area contributed by atoms with Crippen molar-refractivity contribution in [1.29, 1.82) is 0 Å². The third-order valence-corrected chi connectivity index (χ3v) is 14.9. The van der Waals surface area contributed by atoms with Crippen LogP contribution < -0.4 is 0 Å². The van der Waals surface area contributed by atoms with Gasteiger partial charge < -0.3 is 14.2 Å². The fourth-order valence-electron chi connectivity index (χ4n) is 9.69. The summed E-state index contributed by atoms with van der Waals surface area (Å²) >= 11 is 0. The van der Waals surface area contributed by atoms with E-state index in [4.69, 9.17) is 14.2 Å². The van der Waals surface area contributed by atoms with Gasteiger partial charge in [-0.2, -0.15) is 0 Å². The first kappa shape index (κ1) is 78.8. The molecule has 0 amide bonds. The predicted octanol–water partition coefficient (Wildman–Crippen LogP) is 24.3. The van der Waals surface area contributed by atoms with Crippen molar-refractivity contribution < 1.29 is 28.6 Å². The van der Waals surface area contributed by atoms with Gasteiger partial charge in [-0.05, 0) is 128 Å². The van der Waals surface area contributed by atoms with E-state index in [9.17, 15) is 14.4 Å². The number of rotatable bonds is 63. The summed E-state index contributed by atoms with van der Waals surface area (Å²) < 4.78 is 16.9. The highest BCUT2D eigenvalue weighted by Gasteiger charge is 2.19. The molecule has 0 bridgehead atoms. The summed E-state index contributed by atoms with van der Waals surface area (Å²) in [6, 6.07) is 0. The second-order valence-corrected chi connectivity index (χ2v) is 23.1. The van der Waals surface area contributed by atoms with Crippen LogP contribution in [0, 0.1) is 0 Å². The first-order chi connectivity index (χ1) is 41.0. The van der Waals surface area contributed by atoms with Crippen LogP contribution in [0.25, 0.3) is 0 Å². The van der Waals surface area contributed by atoms with Crippen molar-refractivity contribution in [2.45, 2.75) is 335 Å². The average Bonchev–Trinajstić information content (AvgIpc) is 3.49. The number of ether oxygens (including phenoxy) is 3. The molecule has 0 aliphatic rings. The summed E-state index contributed by atoms with van der Waals surface area (Å²) in [5, 5.41) is 0. The summed E-state index contributed by atoms with van der Waals surface area (Å²) in [7, 11) is 0. The lowest BCUT2D eigenvalue weighted by Gasteiger charge is -2.18. The lowest BCUT2D eigenvalue weighted by molar-refractivity contribution is -0.167. The van der Waals surface area contributed by atoms with Crippen molar-refractivity contribution in [2.75, 3.05) is 13.2 Å². The Hall–Kier alpha value is -4.19. The van der Waals surface area contributed by atoms with Crippen LogP contribution in [0.5, 0.6) is 0 Å². The number of carbonyl (C=O) groups excluding carboxylic acids is 3. The molecule has 83 heavy (non-hydrogen) atoms. The monoisotopic (exact) mass is 1150 g/mol. The highest BCUT2D eigenvalue weighted by molar-refractivity contribution is 5.71. The second kappa shape index (κ2) is 70.3. The van der Waals surface area contributed by atoms with Gasteiger partial charge in [-0.3, -0.25) is 14.4 Å². The molecule has 0 heterocycles. The summed E-state index contributed by atoms with van der Waals surface area (Å²) in [5.74, 6) is -0.916. The number of unbranched alkanes of at least 4 members (excludes halogenated alkanes) is 32. The van der Waals surface area contributed by atoms with Crippen molar-refractivity contribution >= 4 is 17.9 Å². The quantitative estimate of drug-likeness (QED) is 0.0261. The summed E-state index contributed by atoms with van der Waals surface area (Å²) in [6.07, 6.45) is 97.9. The van der Waals surface area contributed by atoms with E-state index in [2.05, 4.69) is 142 Å². The lowest BCUT2D eigenvalue weighted by Crippen LogP contribution is -2.30. The van der Waals surface area contributed by atoms with Crippen molar-refractivity contribution in [3.63, 3.8) is 0 Å². The van der Waals surface area contributed by atoms with Gasteiger partial charge in [0.15, 0.2) is 6.10 Å². The van der Waals surface area contributed by atoms with Gasteiger partial charge in [0.2, 0.25) is 0 Å². The number of carbonyl (C=O) groups is 3. The van der Waals surface area contributed by atoms with Gasteiger partial charge in [-0.1, -0.05) is 303 Å². The lowest BCUT2D eigenvalue weighted by atomic mass is 10.0. The maximum absolute atomic E-state index is 13.0. The predicted molar refractivity (Wildman–Crippen MR) is 362 cm³/mol. The Kier molecular flexibility index (Phi) is 66.7. The van der Waals surface area contributed by atoms with E-state index in [0.29, 0.717) is 19.3 Å². The highest BCUT2D eigenvalue weighted by Crippen LogP contribution is 2.16. The van der Waals surface area contributed by atoms with Crippen LogP contribution >= 0.6 is 0 Å². The molecule has 0 aromatic heterocycles. The van der Waals surface area contributed by atoms with Gasteiger partial charge >= 0.3 is 17.9 Å². The van der Waals surface area contributed by atoms with Crippen molar-refractivity contribution in [2.24, 2.45) is 0 Å². The number of esters is 3. The smallest absolute Gasteiger partial charge is 0.306 e. The molecule has 0 aliphatic carbocycles. The molecule has 6 heteroatoms. The SMILES string of the molecule is CC/C=C\C/C=C\C/C=C\C/C=C\C/C=C\C/C=C\C/C=C\CCCCCCCC(=O)OCC(COC(=O)CCCCCCC/C=C\C/C=C\CCC)OC(=O)CCCCCCCCCCCCCCC/C=C\CCCCCCCCCC. The maximum atomic E-state index is 13.0. The second-order valence-electron chi connectivity index (χ2n) is 23.1. The Morgan fingerprint density at radius 2 is 0.494 bits per heavy atom. The molecule has 0 spiro atoms. The minimum absolute atomic E-state index is 0.0925. The van der Waals surface area contributed by atoms with Crippen molar-refractivity contribution in [1.82, 2.24) is 0 Å². The average molecular weight is 1150 g/mol. The molecule has 0 saturated carbocycles. The van der Waals surface area contributed by atoms with Gasteiger partial charge in [-0.15, -0.1) is 0 Å². The van der Waals surface area contributed by atoms with Crippen LogP contribution in [0.15, 0.2) is 122 Å². The Balaban J connectivity index is 4.35. The van der Waals surface area contributed by atoms with Gasteiger partial charge in [0.1, 0.15) is 13.2 Å². The molecule has 0 aromatic carbocycles.